The van der Waals surface area contributed by atoms with Crippen LogP contribution in [-0.2, 0) is 0 Å². The zero-order valence-electron chi connectivity index (χ0n) is 18.2. The van der Waals surface area contributed by atoms with E-state index in [1.807, 2.05) is 66.9 Å². The fraction of sp³-hybridized carbons (Fsp3) is 0.0741. The van der Waals surface area contributed by atoms with Gasteiger partial charge in [0.25, 0.3) is 5.56 Å². The van der Waals surface area contributed by atoms with E-state index in [0.717, 1.165) is 16.7 Å². The van der Waals surface area contributed by atoms with E-state index in [9.17, 15) is 9.59 Å². The molecule has 7 heteroatoms. The number of Topliss-reactive ketones (excluding diaryl/α,β-unsaturated/α-hetero) is 1. The first-order chi connectivity index (χ1) is 16.5. The Morgan fingerprint density at radius 1 is 1.00 bits per heavy atom. The lowest BCUT2D eigenvalue weighted by Gasteiger charge is -2.12. The van der Waals surface area contributed by atoms with Crippen molar-refractivity contribution in [1.82, 2.24) is 9.55 Å². The second-order valence-corrected chi connectivity index (χ2v) is 10.0. The smallest absolute Gasteiger partial charge is 0.268 e. The summed E-state index contributed by atoms with van der Waals surface area (Å²) in [7, 11) is 0. The first kappa shape index (κ1) is 22.6. The van der Waals surface area contributed by atoms with Gasteiger partial charge in [0.1, 0.15) is 4.83 Å². The quantitative estimate of drug-likeness (QED) is 0.142. The van der Waals surface area contributed by atoms with Gasteiger partial charge in [-0.05, 0) is 48.9 Å². The molecular weight excluding hydrogens is 484 g/mol. The minimum Gasteiger partial charge on any atom is -0.293 e. The van der Waals surface area contributed by atoms with Crippen LogP contribution in [0.3, 0.4) is 0 Å². The van der Waals surface area contributed by atoms with Crippen LogP contribution >= 0.6 is 34.7 Å². The van der Waals surface area contributed by atoms with Crippen molar-refractivity contribution in [2.45, 2.75) is 12.1 Å². The predicted octanol–water partition coefficient (Wildman–Crippen LogP) is 7.05. The number of nitrogens with zero attached hydrogens (tertiary/aromatic N) is 2. The van der Waals surface area contributed by atoms with Gasteiger partial charge in [0, 0.05) is 21.5 Å². The van der Waals surface area contributed by atoms with E-state index in [4.69, 9.17) is 16.6 Å². The highest BCUT2D eigenvalue weighted by Gasteiger charge is 2.19. The Hall–Kier alpha value is -3.19. The molecule has 3 aromatic carbocycles. The molecule has 0 bridgehead atoms. The van der Waals surface area contributed by atoms with Gasteiger partial charge in [0.2, 0.25) is 0 Å². The number of hydrogen-bond acceptors (Lipinski definition) is 5. The van der Waals surface area contributed by atoms with Crippen molar-refractivity contribution >= 4 is 50.7 Å². The zero-order chi connectivity index (χ0) is 23.7. The van der Waals surface area contributed by atoms with Crippen molar-refractivity contribution in [3.63, 3.8) is 0 Å². The Morgan fingerprint density at radius 2 is 1.71 bits per heavy atom. The largest absolute Gasteiger partial charge is 0.293 e. The summed E-state index contributed by atoms with van der Waals surface area (Å²) in [5, 5.41) is 3.64. The summed E-state index contributed by atoms with van der Waals surface area (Å²) >= 11 is 8.64. The Labute approximate surface area is 209 Å². The number of aryl methyl sites for hydroxylation is 1. The zero-order valence-corrected chi connectivity index (χ0v) is 20.6. The Kier molecular flexibility index (Phi) is 6.37. The number of rotatable bonds is 6. The van der Waals surface area contributed by atoms with Gasteiger partial charge < -0.3 is 0 Å². The second kappa shape index (κ2) is 9.58. The lowest BCUT2D eigenvalue weighted by molar-refractivity contribution is 0.102. The first-order valence-electron chi connectivity index (χ1n) is 10.6. The van der Waals surface area contributed by atoms with Crippen LogP contribution in [0.1, 0.15) is 15.9 Å². The molecule has 34 heavy (non-hydrogen) atoms. The highest BCUT2D eigenvalue weighted by molar-refractivity contribution is 7.99. The van der Waals surface area contributed by atoms with Crippen molar-refractivity contribution in [2.24, 2.45) is 0 Å². The molecular formula is C27H19ClN2O2S2. The summed E-state index contributed by atoms with van der Waals surface area (Å²) in [6.45, 7) is 2.04. The van der Waals surface area contributed by atoms with Gasteiger partial charge in [0.15, 0.2) is 10.9 Å². The van der Waals surface area contributed by atoms with Crippen LogP contribution in [0.2, 0.25) is 5.02 Å². The van der Waals surface area contributed by atoms with Crippen molar-refractivity contribution in [2.75, 3.05) is 5.75 Å². The number of aromatic nitrogens is 2. The highest BCUT2D eigenvalue weighted by Crippen LogP contribution is 2.33. The van der Waals surface area contributed by atoms with E-state index >= 15 is 0 Å². The van der Waals surface area contributed by atoms with Crippen LogP contribution < -0.4 is 5.56 Å². The molecule has 0 spiro atoms. The van der Waals surface area contributed by atoms with Crippen molar-refractivity contribution in [1.29, 1.82) is 0 Å². The van der Waals surface area contributed by atoms with Crippen LogP contribution in [0.25, 0.3) is 27.0 Å². The van der Waals surface area contributed by atoms with Gasteiger partial charge in [-0.1, -0.05) is 71.4 Å². The van der Waals surface area contributed by atoms with Gasteiger partial charge in [0.05, 0.1) is 16.8 Å². The molecule has 0 unspecified atom stereocenters. The third-order valence-corrected chi connectivity index (χ3v) is 7.52. The lowest BCUT2D eigenvalue weighted by atomic mass is 10.1. The summed E-state index contributed by atoms with van der Waals surface area (Å²) in [6, 6.07) is 24.3. The average molecular weight is 503 g/mol. The van der Waals surface area contributed by atoms with Crippen LogP contribution in [0.4, 0.5) is 0 Å². The average Bonchev–Trinajstić information content (AvgIpc) is 3.28. The number of carbonyl (C=O) groups is 1. The van der Waals surface area contributed by atoms with Gasteiger partial charge in [-0.3, -0.25) is 14.2 Å². The number of benzene rings is 3. The number of hydrogen-bond donors (Lipinski definition) is 0. The molecule has 4 nitrogen and oxygen atoms in total. The molecule has 0 aliphatic carbocycles. The summed E-state index contributed by atoms with van der Waals surface area (Å²) in [5.74, 6) is 0.102. The summed E-state index contributed by atoms with van der Waals surface area (Å²) in [5.41, 5.74) is 4.15. The number of thioether (sulfide) groups is 1. The fourth-order valence-electron chi connectivity index (χ4n) is 3.67. The Morgan fingerprint density at radius 3 is 2.41 bits per heavy atom. The Balaban J connectivity index is 1.60. The van der Waals surface area contributed by atoms with Crippen molar-refractivity contribution < 1.29 is 4.79 Å². The van der Waals surface area contributed by atoms with Crippen LogP contribution in [0.15, 0.2) is 94.2 Å². The van der Waals surface area contributed by atoms with E-state index in [1.165, 1.54) is 23.1 Å². The number of fused-ring (bicyclic) bond motifs is 1. The summed E-state index contributed by atoms with van der Waals surface area (Å²) in [4.78, 5) is 32.1. The molecule has 2 heterocycles. The molecule has 0 aliphatic heterocycles. The molecule has 5 aromatic rings. The number of halogens is 1. The molecule has 0 N–H and O–H groups in total. The van der Waals surface area contributed by atoms with Crippen LogP contribution in [-0.4, -0.2) is 21.1 Å². The SMILES string of the molecule is Cc1ccc(-c2csc3nc(SCC(=O)c4ccc(Cl)cc4)n(-c4ccccc4)c(=O)c23)cc1. The molecule has 0 amide bonds. The topological polar surface area (TPSA) is 52.0 Å². The van der Waals surface area contributed by atoms with Crippen molar-refractivity contribution in [3.8, 4) is 16.8 Å². The second-order valence-electron chi connectivity index (χ2n) is 7.78. The molecule has 0 radical (unpaired) electrons. The normalized spacial score (nSPS) is 11.1. The predicted molar refractivity (Wildman–Crippen MR) is 142 cm³/mol. The van der Waals surface area contributed by atoms with Crippen molar-refractivity contribution in [3.05, 3.63) is 111 Å². The van der Waals surface area contributed by atoms with Crippen LogP contribution in [0, 0.1) is 6.92 Å². The van der Waals surface area contributed by atoms with Gasteiger partial charge in [-0.25, -0.2) is 4.98 Å². The number of carbonyl (C=O) groups excluding carboxylic acids is 1. The third-order valence-electron chi connectivity index (χ3n) is 5.45. The molecule has 168 valence electrons. The molecule has 0 fully saturated rings. The van der Waals surface area contributed by atoms with E-state index in [1.54, 1.807) is 28.8 Å². The molecule has 2 aromatic heterocycles. The molecule has 0 saturated carbocycles. The number of ketones is 1. The minimum atomic E-state index is -0.144. The minimum absolute atomic E-state index is 0.0536. The molecule has 0 aliphatic rings. The number of thiophene rings is 1. The monoisotopic (exact) mass is 502 g/mol. The molecule has 5 rings (SSSR count). The molecule has 0 saturated heterocycles. The standard InChI is InChI=1S/C27H19ClN2O2S2/c1-17-7-9-18(10-8-17)22-15-33-25-24(22)26(32)30(21-5-3-2-4-6-21)27(29-25)34-16-23(31)19-11-13-20(28)14-12-19/h2-15H,16H2,1H3. The number of para-hydroxylation sites is 1. The fourth-order valence-corrected chi connectivity index (χ4v) is 5.69. The third kappa shape index (κ3) is 4.44. The lowest BCUT2D eigenvalue weighted by Crippen LogP contribution is -2.22. The van der Waals surface area contributed by atoms with E-state index in [2.05, 4.69) is 0 Å². The summed E-state index contributed by atoms with van der Waals surface area (Å²) < 4.78 is 1.60. The van der Waals surface area contributed by atoms with E-state index in [0.29, 0.717) is 31.6 Å². The summed E-state index contributed by atoms with van der Waals surface area (Å²) in [6.07, 6.45) is 0. The van der Waals surface area contributed by atoms with Crippen LogP contribution in [0.5, 0.6) is 0 Å². The maximum atomic E-state index is 13.8. The maximum Gasteiger partial charge on any atom is 0.268 e. The van der Waals surface area contributed by atoms with Gasteiger partial charge >= 0.3 is 0 Å². The van der Waals surface area contributed by atoms with Gasteiger partial charge in [-0.2, -0.15) is 0 Å². The maximum absolute atomic E-state index is 13.8. The highest BCUT2D eigenvalue weighted by atomic mass is 35.5. The van der Waals surface area contributed by atoms with E-state index in [-0.39, 0.29) is 17.1 Å². The van der Waals surface area contributed by atoms with E-state index < -0.39 is 0 Å². The molecule has 0 atom stereocenters. The first-order valence-corrected chi connectivity index (χ1v) is 12.8. The Bertz CT molecular complexity index is 1540. The van der Waals surface area contributed by atoms with Gasteiger partial charge in [-0.15, -0.1) is 11.3 Å².